The summed E-state index contributed by atoms with van der Waals surface area (Å²) < 4.78 is 11.7. The number of benzene rings is 2. The fourth-order valence-corrected chi connectivity index (χ4v) is 5.27. The summed E-state index contributed by atoms with van der Waals surface area (Å²) in [4.78, 5) is 45.7. The van der Waals surface area contributed by atoms with Crippen molar-refractivity contribution in [3.63, 3.8) is 0 Å². The molecule has 2 atom stereocenters. The van der Waals surface area contributed by atoms with Crippen LogP contribution in [0.2, 0.25) is 0 Å². The Balaban J connectivity index is 1.35. The lowest BCUT2D eigenvalue weighted by molar-refractivity contribution is -0.142. The molecule has 5 aromatic rings. The van der Waals surface area contributed by atoms with Crippen LogP contribution < -0.4 is 15.5 Å². The first-order valence-electron chi connectivity index (χ1n) is 12.5. The number of nitrogens with one attached hydrogen (secondary N) is 2. The molecule has 0 saturated heterocycles. The van der Waals surface area contributed by atoms with Crippen molar-refractivity contribution >= 4 is 45.1 Å². The normalized spacial score (nSPS) is 12.9. The van der Waals surface area contributed by atoms with Crippen molar-refractivity contribution in [3.05, 3.63) is 81.3 Å². The number of aromatic amines is 1. The van der Waals surface area contributed by atoms with Gasteiger partial charge in [0, 0.05) is 40.7 Å². The Labute approximate surface area is 227 Å². The average molecular weight is 546 g/mol. The van der Waals surface area contributed by atoms with Crippen molar-refractivity contribution in [2.24, 2.45) is 0 Å². The van der Waals surface area contributed by atoms with Gasteiger partial charge in [-0.2, -0.15) is 0 Å². The number of thiazole rings is 1. The van der Waals surface area contributed by atoms with Gasteiger partial charge in [0.25, 0.3) is 5.91 Å². The van der Waals surface area contributed by atoms with Crippen LogP contribution in [0.3, 0.4) is 0 Å². The lowest BCUT2D eigenvalue weighted by atomic mass is 10.0. The van der Waals surface area contributed by atoms with E-state index in [-0.39, 0.29) is 11.8 Å². The summed E-state index contributed by atoms with van der Waals surface area (Å²) in [6, 6.07) is 9.73. The number of carbonyl (C=O) groups excluding carboxylic acids is 1. The van der Waals surface area contributed by atoms with Gasteiger partial charge < -0.3 is 24.6 Å². The Kier molecular flexibility index (Phi) is 7.21. The number of H-pyrrole nitrogens is 1. The van der Waals surface area contributed by atoms with E-state index in [0.29, 0.717) is 33.7 Å². The molecule has 0 unspecified atom stereocenters. The summed E-state index contributed by atoms with van der Waals surface area (Å²) in [7, 11) is 0. The quantitative estimate of drug-likeness (QED) is 0.241. The van der Waals surface area contributed by atoms with Crippen LogP contribution in [-0.4, -0.2) is 39.1 Å². The Bertz CT molecular complexity index is 1750. The molecule has 0 aliphatic heterocycles. The number of para-hydroxylation sites is 1. The minimum Gasteiger partial charge on any atom is -0.480 e. The van der Waals surface area contributed by atoms with Crippen molar-refractivity contribution in [1.29, 1.82) is 0 Å². The van der Waals surface area contributed by atoms with Crippen LogP contribution in [0.25, 0.3) is 32.4 Å². The molecule has 1 amide bonds. The van der Waals surface area contributed by atoms with Crippen molar-refractivity contribution in [2.45, 2.75) is 45.8 Å². The molecule has 0 bridgehead atoms. The summed E-state index contributed by atoms with van der Waals surface area (Å²) in [6.45, 7) is 5.32. The summed E-state index contributed by atoms with van der Waals surface area (Å²) in [5.74, 6) is -1.33. The number of carbonyl (C=O) groups is 2. The molecule has 9 nitrogen and oxygen atoms in total. The maximum absolute atomic E-state index is 13.2. The maximum Gasteiger partial charge on any atom is 0.326 e. The summed E-state index contributed by atoms with van der Waals surface area (Å²) >= 11 is 1.37. The van der Waals surface area contributed by atoms with E-state index < -0.39 is 24.0 Å². The van der Waals surface area contributed by atoms with E-state index in [1.54, 1.807) is 25.3 Å². The molecule has 3 N–H and O–H groups in total. The van der Waals surface area contributed by atoms with Crippen LogP contribution in [0.4, 0.5) is 0 Å². The number of amides is 1. The van der Waals surface area contributed by atoms with Gasteiger partial charge >= 0.3 is 5.97 Å². The number of hydrogen-bond acceptors (Lipinski definition) is 7. The van der Waals surface area contributed by atoms with E-state index in [1.165, 1.54) is 17.6 Å². The van der Waals surface area contributed by atoms with Crippen molar-refractivity contribution < 1.29 is 23.8 Å². The number of fused-ring (bicyclic) bond motifs is 2. The number of hydrogen-bond donors (Lipinski definition) is 3. The Morgan fingerprint density at radius 2 is 2.00 bits per heavy atom. The molecule has 0 aliphatic carbocycles. The minimum absolute atomic E-state index is 0.111. The first kappa shape index (κ1) is 26.2. The molecule has 3 heterocycles. The first-order chi connectivity index (χ1) is 18.7. The molecule has 10 heteroatoms. The van der Waals surface area contributed by atoms with Gasteiger partial charge in [-0.1, -0.05) is 25.1 Å². The van der Waals surface area contributed by atoms with Gasteiger partial charge in [-0.3, -0.25) is 9.59 Å². The highest BCUT2D eigenvalue weighted by molar-refractivity contribution is 7.13. The Hall–Kier alpha value is -4.44. The second-order valence-corrected chi connectivity index (χ2v) is 10.2. The summed E-state index contributed by atoms with van der Waals surface area (Å²) in [6.07, 6.45) is 2.79. The molecule has 0 spiro atoms. The number of carboxylic acid groups (broad SMARTS) is 1. The number of aliphatic carboxylic acids is 1. The molecule has 3 aromatic heterocycles. The third-order valence-corrected chi connectivity index (χ3v) is 7.57. The van der Waals surface area contributed by atoms with E-state index >= 15 is 0 Å². The summed E-state index contributed by atoms with van der Waals surface area (Å²) in [5, 5.41) is 16.1. The van der Waals surface area contributed by atoms with Gasteiger partial charge in [-0.05, 0) is 43.5 Å². The van der Waals surface area contributed by atoms with Gasteiger partial charge in [0.15, 0.2) is 6.10 Å². The Morgan fingerprint density at radius 1 is 1.21 bits per heavy atom. The number of carboxylic acids is 1. The second-order valence-electron chi connectivity index (χ2n) is 9.31. The van der Waals surface area contributed by atoms with Crippen molar-refractivity contribution in [3.8, 4) is 16.3 Å². The van der Waals surface area contributed by atoms with Crippen LogP contribution in [0.5, 0.6) is 5.75 Å². The topological polar surface area (TPSA) is 135 Å². The summed E-state index contributed by atoms with van der Waals surface area (Å²) in [5.41, 5.74) is 3.74. The highest BCUT2D eigenvalue weighted by Crippen LogP contribution is 2.29. The van der Waals surface area contributed by atoms with E-state index in [2.05, 4.69) is 15.3 Å². The molecule has 0 saturated carbocycles. The number of ether oxygens (including phenoxy) is 1. The zero-order valence-corrected chi connectivity index (χ0v) is 22.4. The van der Waals surface area contributed by atoms with E-state index in [0.717, 1.165) is 27.7 Å². The molecule has 5 rings (SSSR count). The fourth-order valence-electron chi connectivity index (χ4n) is 4.47. The largest absolute Gasteiger partial charge is 0.480 e. The van der Waals surface area contributed by atoms with Crippen LogP contribution >= 0.6 is 11.3 Å². The zero-order chi connectivity index (χ0) is 27.7. The van der Waals surface area contributed by atoms with Gasteiger partial charge in [0.05, 0.1) is 10.9 Å². The van der Waals surface area contributed by atoms with Crippen LogP contribution in [0, 0.1) is 6.92 Å². The predicted molar refractivity (Wildman–Crippen MR) is 149 cm³/mol. The molecule has 39 heavy (non-hydrogen) atoms. The van der Waals surface area contributed by atoms with Gasteiger partial charge in [-0.15, -0.1) is 11.3 Å². The first-order valence-corrected chi connectivity index (χ1v) is 13.4. The molecular formula is C29H27N3O6S. The third kappa shape index (κ3) is 5.28. The zero-order valence-electron chi connectivity index (χ0n) is 21.6. The highest BCUT2D eigenvalue weighted by Gasteiger charge is 2.26. The molecular weight excluding hydrogens is 518 g/mol. The van der Waals surface area contributed by atoms with Gasteiger partial charge in [-0.25, -0.2) is 9.78 Å². The number of aryl methyl sites for hydroxylation is 2. The molecule has 0 radical (unpaired) electrons. The SMILES string of the molecule is CCc1cc2c(=O)c(-c3nc(C)cs3)coc2cc1O[C@@H](C)C(=O)N[C@@H](Cc1c[nH]c2ccccc12)C(=O)O. The number of rotatable bonds is 9. The fraction of sp³-hybridized carbons (Fsp3) is 0.241. The highest BCUT2D eigenvalue weighted by atomic mass is 32.1. The minimum atomic E-state index is -1.14. The molecule has 0 fully saturated rings. The standard InChI is InChI=1S/C29H27N3O6S/c1-4-17-9-20-25(37-13-21(26(20)33)28-31-15(2)14-39-28)11-24(17)38-16(3)27(34)32-23(29(35)36)10-18-12-30-22-8-6-5-7-19(18)22/h5-9,11-14,16,23,30H,4,10H2,1-3H3,(H,32,34)(H,35,36)/t16-,23-/m0/s1. The van der Waals surface area contributed by atoms with Crippen molar-refractivity contribution in [1.82, 2.24) is 15.3 Å². The lowest BCUT2D eigenvalue weighted by Crippen LogP contribution is -2.47. The van der Waals surface area contributed by atoms with Crippen LogP contribution in [0.1, 0.15) is 30.7 Å². The van der Waals surface area contributed by atoms with Gasteiger partial charge in [0.1, 0.15) is 28.6 Å². The molecule has 200 valence electrons. The van der Waals surface area contributed by atoms with E-state index in [9.17, 15) is 19.5 Å². The van der Waals surface area contributed by atoms with Crippen LogP contribution in [-0.2, 0) is 22.4 Å². The molecule has 2 aromatic carbocycles. The van der Waals surface area contributed by atoms with E-state index in [1.807, 2.05) is 43.5 Å². The third-order valence-electron chi connectivity index (χ3n) is 6.57. The maximum atomic E-state index is 13.2. The number of aromatic nitrogens is 2. The Morgan fingerprint density at radius 3 is 2.72 bits per heavy atom. The predicted octanol–water partition coefficient (Wildman–Crippen LogP) is 4.85. The van der Waals surface area contributed by atoms with E-state index in [4.69, 9.17) is 9.15 Å². The monoisotopic (exact) mass is 545 g/mol. The van der Waals surface area contributed by atoms with Gasteiger partial charge in [0.2, 0.25) is 5.43 Å². The molecule has 0 aliphatic rings. The number of nitrogens with zero attached hydrogens (tertiary/aromatic N) is 1. The smallest absolute Gasteiger partial charge is 0.326 e. The lowest BCUT2D eigenvalue weighted by Gasteiger charge is -2.20. The average Bonchev–Trinajstić information content (AvgIpc) is 3.54. The van der Waals surface area contributed by atoms with Crippen molar-refractivity contribution in [2.75, 3.05) is 0 Å². The second kappa shape index (κ2) is 10.7. The van der Waals surface area contributed by atoms with Crippen LogP contribution in [0.15, 0.2) is 63.4 Å².